The molecule has 0 heterocycles. The summed E-state index contributed by atoms with van der Waals surface area (Å²) >= 11 is 0. The Morgan fingerprint density at radius 2 is 0.255 bits per heavy atom. The fourth-order valence-corrected chi connectivity index (χ4v) is 8.15. The normalized spacial score (nSPS) is 18.4. The first-order chi connectivity index (χ1) is 53.0. The standard InChI is InChI=1S/C65H132O45/c66-1-44(80)15-90-18-50(86)24-99-53(7-72)27-96-36-64(109-40-59(13-78)106-42-62(34-92-17-46(82)3-68)107-38-56(10-75)98-21-47(83)4-69)41-104-55(9-74)29-95-31-61(102-23-49(85)6-71)33-97-32-60(101-22-48(84)5-70)30-94-28-54(8-73)103-37-58(12-77)105-43-63(35-93-20-52(88)26-110-65(89)14-79)108-39-57(11-76)100-25-51(87)19-91-16-45(81)2-67/h44-89H,1-43H2. The molecule has 0 aromatic carbocycles. The molecule has 0 fully saturated rings. The Hall–Kier alpha value is -1.80. The molecule has 0 aliphatic carbocycles. The van der Waals surface area contributed by atoms with E-state index in [0.29, 0.717) is 0 Å². The number of rotatable bonds is 85. The third-order valence-corrected chi connectivity index (χ3v) is 14.5. The van der Waals surface area contributed by atoms with Crippen molar-refractivity contribution in [1.29, 1.82) is 0 Å². The van der Waals surface area contributed by atoms with Gasteiger partial charge in [0.05, 0.1) is 284 Å². The molecule has 24 N–H and O–H groups in total. The van der Waals surface area contributed by atoms with Gasteiger partial charge >= 0.3 is 0 Å². The Kier molecular flexibility index (Phi) is 72.4. The molecule has 0 spiro atoms. The molecular formula is C65H132O45. The average Bonchev–Trinajstić information content (AvgIpc) is 1.17. The summed E-state index contributed by atoms with van der Waals surface area (Å²) in [4.78, 5) is 0. The third-order valence-electron chi connectivity index (χ3n) is 14.5. The predicted molar refractivity (Wildman–Crippen MR) is 369 cm³/mol. The quantitative estimate of drug-likeness (QED) is 0.0251. The lowest BCUT2D eigenvalue weighted by Crippen LogP contribution is -2.39. The van der Waals surface area contributed by atoms with E-state index in [1.54, 1.807) is 0 Å². The van der Waals surface area contributed by atoms with Gasteiger partial charge in [-0.1, -0.05) is 0 Å². The van der Waals surface area contributed by atoms with Crippen LogP contribution in [0.15, 0.2) is 0 Å². The van der Waals surface area contributed by atoms with Gasteiger partial charge in [0.15, 0.2) is 6.29 Å². The Labute approximate surface area is 639 Å². The van der Waals surface area contributed by atoms with Crippen LogP contribution in [0.5, 0.6) is 0 Å². The van der Waals surface area contributed by atoms with Crippen LogP contribution in [0.1, 0.15) is 0 Å². The van der Waals surface area contributed by atoms with Crippen molar-refractivity contribution in [2.75, 3.05) is 284 Å². The minimum Gasteiger partial charge on any atom is -0.394 e. The van der Waals surface area contributed by atoms with E-state index in [2.05, 4.69) is 0 Å². The molecule has 22 unspecified atom stereocenters. The lowest BCUT2D eigenvalue weighted by atomic mass is 10.3. The van der Waals surface area contributed by atoms with E-state index in [4.69, 9.17) is 120 Å². The van der Waals surface area contributed by atoms with Gasteiger partial charge < -0.3 is 222 Å². The molecule has 0 aliphatic heterocycles. The average molecular weight is 1630 g/mol. The highest BCUT2D eigenvalue weighted by Gasteiger charge is 2.27. The highest BCUT2D eigenvalue weighted by atomic mass is 16.7. The van der Waals surface area contributed by atoms with Gasteiger partial charge in [0.2, 0.25) is 0 Å². The Balaban J connectivity index is 6.17. The zero-order valence-electron chi connectivity index (χ0n) is 62.4. The Morgan fingerprint density at radius 1 is 0.118 bits per heavy atom. The second-order valence-corrected chi connectivity index (χ2v) is 25.0. The molecule has 0 aliphatic rings. The summed E-state index contributed by atoms with van der Waals surface area (Å²) in [6, 6.07) is 0. The zero-order chi connectivity index (χ0) is 82.0. The van der Waals surface area contributed by atoms with Gasteiger partial charge in [0.1, 0.15) is 128 Å². The minimum absolute atomic E-state index is 0.230. The molecule has 0 radical (unpaired) electrons. The molecule has 0 aromatic rings. The maximum atomic E-state index is 10.4. The van der Waals surface area contributed by atoms with Crippen LogP contribution in [0.3, 0.4) is 0 Å². The summed E-state index contributed by atoms with van der Waals surface area (Å²) < 4.78 is 119. The van der Waals surface area contributed by atoms with Crippen LogP contribution in [0.4, 0.5) is 0 Å². The van der Waals surface area contributed by atoms with Crippen molar-refractivity contribution in [3.63, 3.8) is 0 Å². The molecule has 0 bridgehead atoms. The van der Waals surface area contributed by atoms with Crippen LogP contribution >= 0.6 is 0 Å². The predicted octanol–water partition coefficient (Wildman–Crippen LogP) is -14.8. The van der Waals surface area contributed by atoms with E-state index >= 15 is 0 Å². The second kappa shape index (κ2) is 73.6. The molecule has 22 atom stereocenters. The van der Waals surface area contributed by atoms with Crippen LogP contribution < -0.4 is 0 Å². The molecule has 0 amide bonds. The van der Waals surface area contributed by atoms with Gasteiger partial charge in [-0.25, -0.2) is 0 Å². The summed E-state index contributed by atoms with van der Waals surface area (Å²) in [6.45, 7) is -17.4. The maximum Gasteiger partial charge on any atom is 0.178 e. The minimum atomic E-state index is -1.55. The second-order valence-electron chi connectivity index (χ2n) is 25.0. The van der Waals surface area contributed by atoms with E-state index in [9.17, 15) is 102 Å². The van der Waals surface area contributed by atoms with Gasteiger partial charge in [0, 0.05) is 0 Å². The van der Waals surface area contributed by atoms with E-state index in [-0.39, 0.29) is 172 Å². The van der Waals surface area contributed by atoms with Crippen LogP contribution in [0.25, 0.3) is 0 Å². The number of ether oxygens (including phenoxy) is 21. The molecule has 45 nitrogen and oxygen atoms in total. The first-order valence-corrected chi connectivity index (χ1v) is 36.0. The van der Waals surface area contributed by atoms with Crippen LogP contribution in [0.2, 0.25) is 0 Å². The first-order valence-electron chi connectivity index (χ1n) is 36.0. The summed E-state index contributed by atoms with van der Waals surface area (Å²) in [5.41, 5.74) is 0. The van der Waals surface area contributed by atoms with Gasteiger partial charge in [-0.05, 0) is 0 Å². The summed E-state index contributed by atoms with van der Waals surface area (Å²) in [5, 5.41) is 235. The van der Waals surface area contributed by atoms with E-state index in [0.717, 1.165) is 0 Å². The summed E-state index contributed by atoms with van der Waals surface area (Å²) in [7, 11) is 0. The fourth-order valence-electron chi connectivity index (χ4n) is 8.15. The van der Waals surface area contributed by atoms with Crippen molar-refractivity contribution < 1.29 is 222 Å². The molecule has 0 saturated carbocycles. The van der Waals surface area contributed by atoms with Crippen molar-refractivity contribution in [2.45, 2.75) is 134 Å². The van der Waals surface area contributed by atoms with Gasteiger partial charge in [0.25, 0.3) is 0 Å². The van der Waals surface area contributed by atoms with E-state index < -0.39 is 247 Å². The summed E-state index contributed by atoms with van der Waals surface area (Å²) in [6.07, 6.45) is -24.8. The van der Waals surface area contributed by atoms with Crippen molar-refractivity contribution in [3.05, 3.63) is 0 Å². The van der Waals surface area contributed by atoms with E-state index in [1.165, 1.54) is 0 Å². The molecular weight excluding hydrogens is 1500 g/mol. The molecule has 662 valence electrons. The lowest BCUT2D eigenvalue weighted by molar-refractivity contribution is -0.157. The van der Waals surface area contributed by atoms with Crippen molar-refractivity contribution in [1.82, 2.24) is 0 Å². The van der Waals surface area contributed by atoms with Crippen LogP contribution in [0, 0.1) is 0 Å². The van der Waals surface area contributed by atoms with Gasteiger partial charge in [-0.3, -0.25) is 0 Å². The first kappa shape index (κ1) is 108. The number of aliphatic hydroxyl groups is 24. The van der Waals surface area contributed by atoms with Crippen molar-refractivity contribution in [2.24, 2.45) is 0 Å². The Morgan fingerprint density at radius 3 is 0.482 bits per heavy atom. The smallest absolute Gasteiger partial charge is 0.178 e. The zero-order valence-corrected chi connectivity index (χ0v) is 62.4. The summed E-state index contributed by atoms with van der Waals surface area (Å²) in [5.74, 6) is 0. The number of aliphatic hydroxyl groups excluding tert-OH is 24. The lowest BCUT2D eigenvalue weighted by Gasteiger charge is -2.27. The van der Waals surface area contributed by atoms with Crippen LogP contribution in [-0.2, 0) is 99.5 Å². The molecule has 0 aromatic heterocycles. The van der Waals surface area contributed by atoms with Gasteiger partial charge in [-0.2, -0.15) is 0 Å². The Bertz CT molecular complexity index is 1930. The molecule has 0 saturated heterocycles. The molecule has 0 rings (SSSR count). The molecule has 45 heteroatoms. The van der Waals surface area contributed by atoms with Gasteiger partial charge in [-0.15, -0.1) is 0 Å². The van der Waals surface area contributed by atoms with Crippen LogP contribution in [-0.4, -0.2) is 541 Å². The maximum absolute atomic E-state index is 10.4. The highest BCUT2D eigenvalue weighted by molar-refractivity contribution is 4.72. The monoisotopic (exact) mass is 1630 g/mol. The SMILES string of the molecule is OCC(O)COCC(O)COC(CO)COCC(COC(CO)COCC(COCC(COCC(CO)OCC(CO)OCC(COCC(O)COC(O)CO)OCC(CO)OCC(O)COCC(O)CO)OCC(O)CO)OCC(O)CO)OCC(CO)OCC(COCC(O)CO)OCC(CO)OCC(O)CO. The number of hydrogen-bond donors (Lipinski definition) is 24. The number of hydrogen-bond acceptors (Lipinski definition) is 45. The van der Waals surface area contributed by atoms with Crippen molar-refractivity contribution >= 4 is 0 Å². The van der Waals surface area contributed by atoms with Crippen molar-refractivity contribution in [3.8, 4) is 0 Å². The molecule has 110 heavy (non-hydrogen) atoms. The highest BCUT2D eigenvalue weighted by Crippen LogP contribution is 2.12. The van der Waals surface area contributed by atoms with E-state index in [1.807, 2.05) is 0 Å². The third kappa shape index (κ3) is 60.7. The largest absolute Gasteiger partial charge is 0.394 e. The topological polar surface area (TPSA) is 679 Å². The fraction of sp³-hybridized carbons (Fsp3) is 1.00.